The van der Waals surface area contributed by atoms with Crippen molar-refractivity contribution >= 4 is 11.6 Å². The van der Waals surface area contributed by atoms with Crippen LogP contribution in [0.1, 0.15) is 72.6 Å². The number of alkyl halides is 2. The van der Waals surface area contributed by atoms with Crippen molar-refractivity contribution in [2.24, 2.45) is 0 Å². The Labute approximate surface area is 162 Å². The lowest BCUT2D eigenvalue weighted by molar-refractivity contribution is 0.0646. The van der Waals surface area contributed by atoms with Crippen molar-refractivity contribution in [2.75, 3.05) is 26.2 Å². The molecule has 2 aromatic rings. The van der Waals surface area contributed by atoms with E-state index in [4.69, 9.17) is 0 Å². The van der Waals surface area contributed by atoms with Gasteiger partial charge in [-0.05, 0) is 57.7 Å². The fraction of sp³-hybridized carbons (Fsp3) is 0.650. The van der Waals surface area contributed by atoms with E-state index in [1.54, 1.807) is 0 Å². The third-order valence-electron chi connectivity index (χ3n) is 6.38. The maximum atomic E-state index is 13.5. The molecule has 4 heterocycles. The summed E-state index contributed by atoms with van der Waals surface area (Å²) in [5.74, 6) is 0.0899. The van der Waals surface area contributed by atoms with E-state index in [9.17, 15) is 13.6 Å². The molecule has 150 valence electrons. The highest BCUT2D eigenvalue weighted by atomic mass is 19.3. The molecule has 28 heavy (non-hydrogen) atoms. The van der Waals surface area contributed by atoms with E-state index >= 15 is 0 Å². The number of hydrogen-bond donors (Lipinski definition) is 0. The third kappa shape index (κ3) is 3.17. The second kappa shape index (κ2) is 7.06. The van der Waals surface area contributed by atoms with Crippen LogP contribution >= 0.6 is 0 Å². The van der Waals surface area contributed by atoms with E-state index in [0.717, 1.165) is 43.3 Å². The maximum absolute atomic E-state index is 13.5. The van der Waals surface area contributed by atoms with Gasteiger partial charge in [0.15, 0.2) is 5.65 Å². The van der Waals surface area contributed by atoms with E-state index in [1.807, 2.05) is 4.90 Å². The van der Waals surface area contributed by atoms with E-state index in [0.29, 0.717) is 30.4 Å². The van der Waals surface area contributed by atoms with Crippen molar-refractivity contribution in [3.8, 4) is 0 Å². The van der Waals surface area contributed by atoms with Gasteiger partial charge in [0.2, 0.25) is 0 Å². The lowest BCUT2D eigenvalue weighted by Crippen LogP contribution is -2.45. The Kier molecular flexibility index (Phi) is 4.53. The van der Waals surface area contributed by atoms with Crippen LogP contribution in [0.25, 0.3) is 5.65 Å². The van der Waals surface area contributed by atoms with E-state index < -0.39 is 6.43 Å². The van der Waals surface area contributed by atoms with Crippen molar-refractivity contribution in [3.63, 3.8) is 0 Å². The number of halogens is 2. The largest absolute Gasteiger partial charge is 0.338 e. The van der Waals surface area contributed by atoms with Crippen molar-refractivity contribution in [1.82, 2.24) is 24.4 Å². The summed E-state index contributed by atoms with van der Waals surface area (Å²) in [6.07, 6.45) is 5.15. The summed E-state index contributed by atoms with van der Waals surface area (Å²) in [5, 5.41) is 4.07. The minimum absolute atomic E-state index is 0.143. The molecule has 2 saturated heterocycles. The molecule has 5 rings (SSSR count). The molecule has 8 heteroatoms. The zero-order valence-electron chi connectivity index (χ0n) is 15.9. The zero-order valence-corrected chi connectivity index (χ0v) is 15.9. The summed E-state index contributed by atoms with van der Waals surface area (Å²) in [5.41, 5.74) is 1.08. The smallest absolute Gasteiger partial charge is 0.280 e. The number of aromatic nitrogens is 3. The molecule has 2 aromatic heterocycles. The maximum Gasteiger partial charge on any atom is 0.280 e. The molecule has 0 spiro atoms. The van der Waals surface area contributed by atoms with Gasteiger partial charge in [0.1, 0.15) is 11.3 Å². The van der Waals surface area contributed by atoms with Gasteiger partial charge in [0.25, 0.3) is 12.3 Å². The predicted octanol–water partition coefficient (Wildman–Crippen LogP) is 3.24. The Morgan fingerprint density at radius 3 is 2.43 bits per heavy atom. The SMILES string of the molecule is O=C(c1cnn2c(C(F)F)cc(C3CC3)nc12)N1CCC(N2CCCC2)CC1. The van der Waals surface area contributed by atoms with Gasteiger partial charge < -0.3 is 9.80 Å². The number of nitrogens with zero attached hydrogens (tertiary/aromatic N) is 5. The molecular weight excluding hydrogens is 364 g/mol. The number of rotatable bonds is 4. The van der Waals surface area contributed by atoms with Crippen LogP contribution < -0.4 is 0 Å². The standard InChI is InChI=1S/C20H25F2N5O/c21-18(22)17-11-16(13-3-4-13)24-19-15(12-23-27(17)19)20(28)26-9-5-14(6-10-26)25-7-1-2-8-25/h11-14,18H,1-10H2. The van der Waals surface area contributed by atoms with Gasteiger partial charge in [-0.15, -0.1) is 0 Å². The number of hydrogen-bond acceptors (Lipinski definition) is 4. The average molecular weight is 389 g/mol. The Morgan fingerprint density at radius 2 is 1.79 bits per heavy atom. The highest BCUT2D eigenvalue weighted by Gasteiger charge is 2.32. The average Bonchev–Trinajstić information content (AvgIpc) is 3.25. The fourth-order valence-electron chi connectivity index (χ4n) is 4.61. The number of piperidine rings is 1. The molecule has 0 N–H and O–H groups in total. The van der Waals surface area contributed by atoms with Gasteiger partial charge in [-0.3, -0.25) is 4.79 Å². The first-order valence-electron chi connectivity index (χ1n) is 10.3. The molecule has 3 fully saturated rings. The molecule has 1 aliphatic carbocycles. The molecule has 6 nitrogen and oxygen atoms in total. The van der Waals surface area contributed by atoms with Gasteiger partial charge >= 0.3 is 0 Å². The molecule has 1 saturated carbocycles. The highest BCUT2D eigenvalue weighted by Crippen LogP contribution is 2.40. The van der Waals surface area contributed by atoms with Gasteiger partial charge in [-0.1, -0.05) is 0 Å². The molecular formula is C20H25F2N5O. The molecule has 1 amide bonds. The van der Waals surface area contributed by atoms with Crippen LogP contribution in [0.5, 0.6) is 0 Å². The topological polar surface area (TPSA) is 53.7 Å². The number of carbonyl (C=O) groups is 1. The van der Waals surface area contributed by atoms with Crippen molar-refractivity contribution < 1.29 is 13.6 Å². The summed E-state index contributed by atoms with van der Waals surface area (Å²) in [6, 6.07) is 2.00. The van der Waals surface area contributed by atoms with Crippen molar-refractivity contribution in [2.45, 2.75) is 56.9 Å². The summed E-state index contributed by atoms with van der Waals surface area (Å²) in [6.45, 7) is 3.72. The van der Waals surface area contributed by atoms with Gasteiger partial charge in [-0.25, -0.2) is 18.3 Å². The first-order chi connectivity index (χ1) is 13.6. The van der Waals surface area contributed by atoms with Crippen molar-refractivity contribution in [1.29, 1.82) is 0 Å². The summed E-state index contributed by atoms with van der Waals surface area (Å²) in [7, 11) is 0. The van der Waals surface area contributed by atoms with Gasteiger partial charge in [0, 0.05) is 30.7 Å². The highest BCUT2D eigenvalue weighted by molar-refractivity contribution is 5.99. The molecule has 0 unspecified atom stereocenters. The van der Waals surface area contributed by atoms with Crippen LogP contribution in [0, 0.1) is 0 Å². The first kappa shape index (κ1) is 18.0. The molecule has 0 aromatic carbocycles. The third-order valence-corrected chi connectivity index (χ3v) is 6.38. The minimum atomic E-state index is -2.65. The van der Waals surface area contributed by atoms with Crippen molar-refractivity contribution in [3.05, 3.63) is 29.2 Å². The lowest BCUT2D eigenvalue weighted by Gasteiger charge is -2.36. The van der Waals surface area contributed by atoms with Crippen LogP contribution in [-0.2, 0) is 0 Å². The zero-order chi connectivity index (χ0) is 19.3. The normalized spacial score (nSPS) is 21.9. The second-order valence-corrected chi connectivity index (χ2v) is 8.24. The van der Waals surface area contributed by atoms with Gasteiger partial charge in [-0.2, -0.15) is 5.10 Å². The Bertz CT molecular complexity index is 880. The molecule has 0 radical (unpaired) electrons. The van der Waals surface area contributed by atoms with E-state index in [1.165, 1.54) is 25.1 Å². The first-order valence-corrected chi connectivity index (χ1v) is 10.3. The van der Waals surface area contributed by atoms with E-state index in [-0.39, 0.29) is 23.2 Å². The van der Waals surface area contributed by atoms with Gasteiger partial charge in [0.05, 0.1) is 6.20 Å². The Hall–Kier alpha value is -2.09. The molecule has 3 aliphatic rings. The Morgan fingerprint density at radius 1 is 1.07 bits per heavy atom. The summed E-state index contributed by atoms with van der Waals surface area (Å²) in [4.78, 5) is 22.0. The predicted molar refractivity (Wildman–Crippen MR) is 99.7 cm³/mol. The number of amides is 1. The summed E-state index contributed by atoms with van der Waals surface area (Å²) < 4.78 is 28.2. The number of carbonyl (C=O) groups excluding carboxylic acids is 1. The monoisotopic (exact) mass is 389 g/mol. The van der Waals surface area contributed by atoms with E-state index in [2.05, 4.69) is 15.0 Å². The van der Waals surface area contributed by atoms with Crippen LogP contribution in [0.15, 0.2) is 12.3 Å². The van der Waals surface area contributed by atoms with Crippen LogP contribution in [0.4, 0.5) is 8.78 Å². The van der Waals surface area contributed by atoms with Crippen LogP contribution in [0.2, 0.25) is 0 Å². The number of fused-ring (bicyclic) bond motifs is 1. The lowest BCUT2D eigenvalue weighted by atomic mass is 10.0. The fourth-order valence-corrected chi connectivity index (χ4v) is 4.61. The van der Waals surface area contributed by atoms with Crippen LogP contribution in [0.3, 0.4) is 0 Å². The minimum Gasteiger partial charge on any atom is -0.338 e. The second-order valence-electron chi connectivity index (χ2n) is 8.24. The molecule has 2 aliphatic heterocycles. The number of likely N-dealkylation sites (tertiary alicyclic amines) is 2. The van der Waals surface area contributed by atoms with Crippen LogP contribution in [-0.4, -0.2) is 62.5 Å². The Balaban J connectivity index is 1.39. The molecule has 0 bridgehead atoms. The quantitative estimate of drug-likeness (QED) is 0.806. The molecule has 0 atom stereocenters. The summed E-state index contributed by atoms with van der Waals surface area (Å²) >= 11 is 0.